The first kappa shape index (κ1) is 10.0. The van der Waals surface area contributed by atoms with Crippen LogP contribution in [0, 0.1) is 0 Å². The van der Waals surface area contributed by atoms with Gasteiger partial charge in [0.1, 0.15) is 11.5 Å². The normalized spacial score (nSPS) is 12.2. The van der Waals surface area contributed by atoms with E-state index in [9.17, 15) is 8.76 Å². The van der Waals surface area contributed by atoms with Gasteiger partial charge in [-0.3, -0.25) is 4.21 Å². The summed E-state index contributed by atoms with van der Waals surface area (Å²) in [6, 6.07) is 4.58. The lowest BCUT2D eigenvalue weighted by molar-refractivity contribution is 0.391. The summed E-state index contributed by atoms with van der Waals surface area (Å²) in [5, 5.41) is 0. The van der Waals surface area contributed by atoms with Gasteiger partial charge in [0.05, 0.1) is 19.1 Å². The summed E-state index contributed by atoms with van der Waals surface area (Å²) in [6.45, 7) is 0. The Hall–Kier alpha value is -1.07. The van der Waals surface area contributed by atoms with Gasteiger partial charge in [0.15, 0.2) is 0 Å². The summed E-state index contributed by atoms with van der Waals surface area (Å²) in [5.41, 5.74) is 0. The van der Waals surface area contributed by atoms with Crippen LogP contribution in [0.2, 0.25) is 0 Å². The molecule has 1 rings (SSSR count). The molecule has 0 saturated heterocycles. The molecule has 0 aromatic heterocycles. The zero-order valence-corrected chi connectivity index (χ0v) is 8.09. The molecule has 0 aliphatic heterocycles. The predicted octanol–water partition coefficient (Wildman–Crippen LogP) is 0.942. The highest BCUT2D eigenvalue weighted by Gasteiger charge is 2.04. The number of ether oxygens (including phenoxy) is 2. The topological polar surface area (TPSA) is 58.6 Å². The van der Waals surface area contributed by atoms with Crippen molar-refractivity contribution in [1.29, 1.82) is 0 Å². The van der Waals surface area contributed by atoms with E-state index in [1.807, 2.05) is 0 Å². The summed E-state index contributed by atoms with van der Waals surface area (Å²) >= 11 is -2.31. The zero-order chi connectivity index (χ0) is 9.84. The molecule has 0 saturated carbocycles. The fourth-order valence-corrected chi connectivity index (χ4v) is 1.44. The Morgan fingerprint density at radius 1 is 1.31 bits per heavy atom. The Labute approximate surface area is 78.8 Å². The predicted molar refractivity (Wildman–Crippen MR) is 46.7 cm³/mol. The molecule has 0 bridgehead atoms. The summed E-state index contributed by atoms with van der Waals surface area (Å²) in [5.74, 6) is 0.800. The van der Waals surface area contributed by atoms with E-state index in [4.69, 9.17) is 9.47 Å². The van der Waals surface area contributed by atoms with Crippen LogP contribution in [0.1, 0.15) is 0 Å². The third-order valence-electron chi connectivity index (χ3n) is 1.55. The van der Waals surface area contributed by atoms with E-state index in [2.05, 4.69) is 0 Å². The Bertz CT molecular complexity index is 324. The molecule has 4 nitrogen and oxygen atoms in total. The van der Waals surface area contributed by atoms with Crippen molar-refractivity contribution in [3.8, 4) is 11.5 Å². The van der Waals surface area contributed by atoms with Crippen LogP contribution in [-0.4, -0.2) is 23.0 Å². The van der Waals surface area contributed by atoms with Gasteiger partial charge in [-0.05, 0) is 29.3 Å². The number of hydrogen-bond donors (Lipinski definition) is 0. The average molecular weight is 201 g/mol. The Morgan fingerprint density at radius 3 is 2.46 bits per heavy atom. The van der Waals surface area contributed by atoms with Crippen LogP contribution in [0.3, 0.4) is 0 Å². The summed E-state index contributed by atoms with van der Waals surface area (Å²) in [6.07, 6.45) is 0. The molecule has 0 amide bonds. The van der Waals surface area contributed by atoms with Crippen LogP contribution in [0.4, 0.5) is 0 Å². The molecule has 1 aromatic rings. The van der Waals surface area contributed by atoms with E-state index in [-0.39, 0.29) is 4.90 Å². The third-order valence-corrected chi connectivity index (χ3v) is 2.23. The maximum Gasteiger partial charge on any atom is 0.134 e. The number of rotatable bonds is 3. The van der Waals surface area contributed by atoms with Gasteiger partial charge in [-0.15, -0.1) is 0 Å². The van der Waals surface area contributed by atoms with E-state index in [0.717, 1.165) is 0 Å². The minimum Gasteiger partial charge on any atom is -0.768 e. The van der Waals surface area contributed by atoms with Crippen LogP contribution in [0.5, 0.6) is 11.5 Å². The molecular weight excluding hydrogens is 192 g/mol. The van der Waals surface area contributed by atoms with Gasteiger partial charge in [-0.1, -0.05) is 0 Å². The van der Waals surface area contributed by atoms with Crippen molar-refractivity contribution < 1.29 is 18.2 Å². The van der Waals surface area contributed by atoms with Crippen molar-refractivity contribution in [3.05, 3.63) is 18.2 Å². The second-order valence-electron chi connectivity index (χ2n) is 2.25. The van der Waals surface area contributed by atoms with Crippen LogP contribution >= 0.6 is 0 Å². The Balaban J connectivity index is 3.18. The highest BCUT2D eigenvalue weighted by atomic mass is 32.2. The summed E-state index contributed by atoms with van der Waals surface area (Å²) in [4.78, 5) is 0.0989. The number of methoxy groups -OCH3 is 2. The Kier molecular flexibility index (Phi) is 3.27. The lowest BCUT2D eigenvalue weighted by Crippen LogP contribution is -1.95. The van der Waals surface area contributed by atoms with E-state index in [1.165, 1.54) is 20.3 Å². The quantitative estimate of drug-likeness (QED) is 0.683. The Morgan fingerprint density at radius 2 is 2.00 bits per heavy atom. The van der Waals surface area contributed by atoms with Crippen molar-refractivity contribution in [2.75, 3.05) is 14.2 Å². The van der Waals surface area contributed by atoms with Crippen LogP contribution in [0.15, 0.2) is 23.1 Å². The first-order chi connectivity index (χ1) is 6.19. The largest absolute Gasteiger partial charge is 0.768 e. The number of benzene rings is 1. The first-order valence-corrected chi connectivity index (χ1v) is 4.58. The van der Waals surface area contributed by atoms with Gasteiger partial charge in [0, 0.05) is 0 Å². The fraction of sp³-hybridized carbons (Fsp3) is 0.250. The molecule has 1 unspecified atom stereocenters. The van der Waals surface area contributed by atoms with Crippen molar-refractivity contribution in [3.63, 3.8) is 0 Å². The molecule has 0 radical (unpaired) electrons. The lowest BCUT2D eigenvalue weighted by Gasteiger charge is -2.11. The fourth-order valence-electron chi connectivity index (χ4n) is 0.914. The highest BCUT2D eigenvalue weighted by molar-refractivity contribution is 7.79. The van der Waals surface area contributed by atoms with Crippen molar-refractivity contribution >= 4 is 11.1 Å². The van der Waals surface area contributed by atoms with E-state index < -0.39 is 11.1 Å². The summed E-state index contributed by atoms with van der Waals surface area (Å²) in [7, 11) is 2.89. The maximum absolute atomic E-state index is 10.7. The van der Waals surface area contributed by atoms with Crippen LogP contribution < -0.4 is 9.47 Å². The van der Waals surface area contributed by atoms with E-state index in [0.29, 0.717) is 11.5 Å². The smallest absolute Gasteiger partial charge is 0.134 e. The molecular formula is C8H9O4S-. The molecule has 0 spiro atoms. The minimum absolute atomic E-state index is 0.0989. The molecule has 0 aliphatic rings. The van der Waals surface area contributed by atoms with E-state index >= 15 is 0 Å². The minimum atomic E-state index is -2.31. The third kappa shape index (κ3) is 2.19. The first-order valence-electron chi connectivity index (χ1n) is 3.50. The van der Waals surface area contributed by atoms with Crippen LogP contribution in [-0.2, 0) is 11.1 Å². The molecule has 0 aliphatic carbocycles. The lowest BCUT2D eigenvalue weighted by atomic mass is 10.3. The maximum atomic E-state index is 10.7. The molecule has 0 N–H and O–H groups in total. The second kappa shape index (κ2) is 4.25. The van der Waals surface area contributed by atoms with Gasteiger partial charge >= 0.3 is 0 Å². The van der Waals surface area contributed by atoms with Crippen molar-refractivity contribution in [2.24, 2.45) is 0 Å². The number of hydrogen-bond acceptors (Lipinski definition) is 4. The van der Waals surface area contributed by atoms with E-state index in [1.54, 1.807) is 12.1 Å². The molecule has 1 atom stereocenters. The molecule has 1 aromatic carbocycles. The highest BCUT2D eigenvalue weighted by Crippen LogP contribution is 2.25. The molecule has 0 heterocycles. The molecule has 72 valence electrons. The van der Waals surface area contributed by atoms with Crippen LogP contribution in [0.25, 0.3) is 0 Å². The monoisotopic (exact) mass is 201 g/mol. The standard InChI is InChI=1S/C8H10O4S/c1-11-6-3-4-7(12-2)8(5-6)13(9)10/h3-5H,1-2H3,(H,9,10)/p-1. The summed E-state index contributed by atoms with van der Waals surface area (Å²) < 4.78 is 31.2. The van der Waals surface area contributed by atoms with Crippen molar-refractivity contribution in [2.45, 2.75) is 4.90 Å². The molecule has 0 fully saturated rings. The molecule has 5 heteroatoms. The average Bonchev–Trinajstić information content (AvgIpc) is 2.16. The SMILES string of the molecule is COc1ccc(OC)c(S(=O)[O-])c1. The van der Waals surface area contributed by atoms with Gasteiger partial charge in [-0.25, -0.2) is 0 Å². The zero-order valence-electron chi connectivity index (χ0n) is 7.27. The van der Waals surface area contributed by atoms with Gasteiger partial charge < -0.3 is 14.0 Å². The second-order valence-corrected chi connectivity index (χ2v) is 3.16. The van der Waals surface area contributed by atoms with Gasteiger partial charge in [0.25, 0.3) is 0 Å². The van der Waals surface area contributed by atoms with Crippen molar-refractivity contribution in [1.82, 2.24) is 0 Å². The van der Waals surface area contributed by atoms with Gasteiger partial charge in [0.2, 0.25) is 0 Å². The molecule has 13 heavy (non-hydrogen) atoms. The van der Waals surface area contributed by atoms with Gasteiger partial charge in [-0.2, -0.15) is 0 Å².